The minimum Gasteiger partial charge on any atom is -0.465 e. The van der Waals surface area contributed by atoms with Crippen molar-refractivity contribution in [3.05, 3.63) is 53.3 Å². The monoisotopic (exact) mass is 258 g/mol. The minimum atomic E-state index is -0.305. The van der Waals surface area contributed by atoms with E-state index in [-0.39, 0.29) is 5.97 Å². The van der Waals surface area contributed by atoms with Crippen molar-refractivity contribution in [2.75, 3.05) is 12.4 Å². The Morgan fingerprint density at radius 2 is 2.16 bits per heavy atom. The molecule has 0 amide bonds. The Morgan fingerprint density at radius 3 is 2.79 bits per heavy atom. The Morgan fingerprint density at radius 1 is 1.37 bits per heavy atom. The zero-order chi connectivity index (χ0) is 13.8. The summed E-state index contributed by atoms with van der Waals surface area (Å²) in [6, 6.07) is 7.65. The average Bonchev–Trinajstić information content (AvgIpc) is 2.82. The molecule has 100 valence electrons. The SMILES string of the molecule is COC(=O)c1cccc(NCc2ccn(C)c2)c1C. The summed E-state index contributed by atoms with van der Waals surface area (Å²) in [6.07, 6.45) is 4.07. The van der Waals surface area contributed by atoms with Crippen molar-refractivity contribution >= 4 is 11.7 Å². The largest absolute Gasteiger partial charge is 0.465 e. The van der Waals surface area contributed by atoms with Gasteiger partial charge in [0.2, 0.25) is 0 Å². The van der Waals surface area contributed by atoms with E-state index in [1.165, 1.54) is 12.7 Å². The summed E-state index contributed by atoms with van der Waals surface area (Å²) in [4.78, 5) is 11.6. The fraction of sp³-hybridized carbons (Fsp3) is 0.267. The molecule has 0 fully saturated rings. The van der Waals surface area contributed by atoms with Gasteiger partial charge in [0.05, 0.1) is 12.7 Å². The van der Waals surface area contributed by atoms with Crippen LogP contribution in [0.25, 0.3) is 0 Å². The van der Waals surface area contributed by atoms with Crippen molar-refractivity contribution in [1.29, 1.82) is 0 Å². The van der Waals surface area contributed by atoms with Gasteiger partial charge < -0.3 is 14.6 Å². The highest BCUT2D eigenvalue weighted by atomic mass is 16.5. The number of carbonyl (C=O) groups excluding carboxylic acids is 1. The van der Waals surface area contributed by atoms with Gasteiger partial charge in [-0.3, -0.25) is 0 Å². The summed E-state index contributed by atoms with van der Waals surface area (Å²) in [6.45, 7) is 2.64. The molecule has 0 saturated heterocycles. The Balaban J connectivity index is 2.14. The summed E-state index contributed by atoms with van der Waals surface area (Å²) < 4.78 is 6.78. The number of carbonyl (C=O) groups is 1. The van der Waals surface area contributed by atoms with Gasteiger partial charge in [0, 0.05) is 31.7 Å². The van der Waals surface area contributed by atoms with Crippen molar-refractivity contribution in [2.45, 2.75) is 13.5 Å². The first-order chi connectivity index (χ1) is 9.11. The van der Waals surface area contributed by atoms with E-state index in [4.69, 9.17) is 4.74 Å². The molecule has 19 heavy (non-hydrogen) atoms. The summed E-state index contributed by atoms with van der Waals surface area (Å²) in [5.74, 6) is -0.305. The first-order valence-corrected chi connectivity index (χ1v) is 6.14. The van der Waals surface area contributed by atoms with E-state index in [0.717, 1.165) is 17.8 Å². The second-order valence-electron chi connectivity index (χ2n) is 4.51. The van der Waals surface area contributed by atoms with Gasteiger partial charge in [-0.15, -0.1) is 0 Å². The first-order valence-electron chi connectivity index (χ1n) is 6.14. The molecular formula is C15H18N2O2. The summed E-state index contributed by atoms with van der Waals surface area (Å²) in [5, 5.41) is 3.34. The number of nitrogens with zero attached hydrogens (tertiary/aromatic N) is 1. The maximum absolute atomic E-state index is 11.6. The van der Waals surface area contributed by atoms with Crippen LogP contribution in [0.4, 0.5) is 5.69 Å². The van der Waals surface area contributed by atoms with E-state index >= 15 is 0 Å². The van der Waals surface area contributed by atoms with Crippen LogP contribution < -0.4 is 5.32 Å². The van der Waals surface area contributed by atoms with E-state index < -0.39 is 0 Å². The van der Waals surface area contributed by atoms with E-state index in [2.05, 4.69) is 17.6 Å². The molecule has 0 bridgehead atoms. The maximum atomic E-state index is 11.6. The number of anilines is 1. The van der Waals surface area contributed by atoms with Gasteiger partial charge in [-0.2, -0.15) is 0 Å². The van der Waals surface area contributed by atoms with Gasteiger partial charge in [-0.25, -0.2) is 4.79 Å². The summed E-state index contributed by atoms with van der Waals surface area (Å²) in [5.41, 5.74) is 3.66. The van der Waals surface area contributed by atoms with Crippen LogP contribution in [0.1, 0.15) is 21.5 Å². The predicted molar refractivity (Wildman–Crippen MR) is 75.3 cm³/mol. The van der Waals surface area contributed by atoms with Crippen LogP contribution in [-0.4, -0.2) is 17.6 Å². The Labute approximate surface area is 113 Å². The van der Waals surface area contributed by atoms with Crippen LogP contribution in [0, 0.1) is 6.92 Å². The molecule has 1 aromatic heterocycles. The first kappa shape index (κ1) is 13.2. The molecule has 0 aliphatic rings. The third kappa shape index (κ3) is 2.96. The van der Waals surface area contributed by atoms with Crippen molar-refractivity contribution in [3.63, 3.8) is 0 Å². The minimum absolute atomic E-state index is 0.305. The zero-order valence-corrected chi connectivity index (χ0v) is 11.4. The fourth-order valence-corrected chi connectivity index (χ4v) is 2.02. The molecule has 0 atom stereocenters. The average molecular weight is 258 g/mol. The lowest BCUT2D eigenvalue weighted by Crippen LogP contribution is -2.07. The summed E-state index contributed by atoms with van der Waals surface area (Å²) in [7, 11) is 3.39. The van der Waals surface area contributed by atoms with Crippen LogP contribution in [0.2, 0.25) is 0 Å². The van der Waals surface area contributed by atoms with E-state index in [1.807, 2.05) is 36.9 Å². The highest BCUT2D eigenvalue weighted by molar-refractivity contribution is 5.92. The van der Waals surface area contributed by atoms with Gasteiger partial charge in [-0.1, -0.05) is 6.07 Å². The molecule has 2 aromatic rings. The quantitative estimate of drug-likeness (QED) is 0.857. The van der Waals surface area contributed by atoms with Crippen LogP contribution >= 0.6 is 0 Å². The fourth-order valence-electron chi connectivity index (χ4n) is 2.02. The molecule has 0 aliphatic heterocycles. The third-order valence-electron chi connectivity index (χ3n) is 3.12. The van der Waals surface area contributed by atoms with Crippen molar-refractivity contribution in [3.8, 4) is 0 Å². The lowest BCUT2D eigenvalue weighted by Gasteiger charge is -2.11. The van der Waals surface area contributed by atoms with Crippen LogP contribution in [0.15, 0.2) is 36.7 Å². The number of nitrogens with one attached hydrogen (secondary N) is 1. The van der Waals surface area contributed by atoms with Crippen molar-refractivity contribution < 1.29 is 9.53 Å². The standard InChI is InChI=1S/C15H18N2O2/c1-11-13(15(18)19-3)5-4-6-14(11)16-9-12-7-8-17(2)10-12/h4-8,10,16H,9H2,1-3H3. The molecule has 0 unspecified atom stereocenters. The molecule has 4 nitrogen and oxygen atoms in total. The normalized spacial score (nSPS) is 10.3. The van der Waals surface area contributed by atoms with Crippen LogP contribution in [0.3, 0.4) is 0 Å². The van der Waals surface area contributed by atoms with Gasteiger partial charge in [-0.05, 0) is 36.2 Å². The van der Waals surface area contributed by atoms with Gasteiger partial charge in [0.25, 0.3) is 0 Å². The molecule has 1 heterocycles. The van der Waals surface area contributed by atoms with Gasteiger partial charge in [0.1, 0.15) is 0 Å². The number of esters is 1. The van der Waals surface area contributed by atoms with E-state index in [0.29, 0.717) is 5.56 Å². The van der Waals surface area contributed by atoms with Gasteiger partial charge in [0.15, 0.2) is 0 Å². The molecule has 0 saturated carbocycles. The predicted octanol–water partition coefficient (Wildman–Crippen LogP) is 2.73. The summed E-state index contributed by atoms with van der Waals surface area (Å²) >= 11 is 0. The number of methoxy groups -OCH3 is 1. The maximum Gasteiger partial charge on any atom is 0.338 e. The van der Waals surface area contributed by atoms with Crippen LogP contribution in [0.5, 0.6) is 0 Å². The Hall–Kier alpha value is -2.23. The van der Waals surface area contributed by atoms with Gasteiger partial charge >= 0.3 is 5.97 Å². The molecule has 1 aromatic carbocycles. The van der Waals surface area contributed by atoms with Crippen LogP contribution in [-0.2, 0) is 18.3 Å². The topological polar surface area (TPSA) is 43.3 Å². The van der Waals surface area contributed by atoms with E-state index in [9.17, 15) is 4.79 Å². The highest BCUT2D eigenvalue weighted by Crippen LogP contribution is 2.20. The number of benzene rings is 1. The molecule has 2 rings (SSSR count). The molecule has 0 radical (unpaired) electrons. The highest BCUT2D eigenvalue weighted by Gasteiger charge is 2.11. The number of ether oxygens (including phenoxy) is 1. The molecule has 1 N–H and O–H groups in total. The van der Waals surface area contributed by atoms with Crippen molar-refractivity contribution in [2.24, 2.45) is 7.05 Å². The Kier molecular flexibility index (Phi) is 3.90. The molecule has 0 spiro atoms. The van der Waals surface area contributed by atoms with Crippen molar-refractivity contribution in [1.82, 2.24) is 4.57 Å². The molecular weight excluding hydrogens is 240 g/mol. The second-order valence-corrected chi connectivity index (χ2v) is 4.51. The molecule has 0 aliphatic carbocycles. The zero-order valence-electron chi connectivity index (χ0n) is 11.4. The molecule has 4 heteroatoms. The van der Waals surface area contributed by atoms with E-state index in [1.54, 1.807) is 6.07 Å². The number of aromatic nitrogens is 1. The number of aryl methyl sites for hydroxylation is 1. The third-order valence-corrected chi connectivity index (χ3v) is 3.12. The number of rotatable bonds is 4. The smallest absolute Gasteiger partial charge is 0.338 e. The lowest BCUT2D eigenvalue weighted by molar-refractivity contribution is 0.0600. The lowest BCUT2D eigenvalue weighted by atomic mass is 10.1. The number of hydrogen-bond acceptors (Lipinski definition) is 3. The number of hydrogen-bond donors (Lipinski definition) is 1. The second kappa shape index (κ2) is 5.61. The Bertz CT molecular complexity index is 588.